The molecule has 0 aliphatic rings. The van der Waals surface area contributed by atoms with Gasteiger partial charge < -0.3 is 19.5 Å². The molecule has 2 rings (SSSR count). The number of benzene rings is 2. The van der Waals surface area contributed by atoms with E-state index < -0.39 is 35.1 Å². The Kier molecular flexibility index (Phi) is 7.79. The van der Waals surface area contributed by atoms with E-state index in [1.54, 1.807) is 37.3 Å². The smallest absolute Gasteiger partial charge is 0.344 e. The van der Waals surface area contributed by atoms with Gasteiger partial charge in [0.1, 0.15) is 0 Å². The second-order valence-corrected chi connectivity index (χ2v) is 8.56. The number of nitrogens with one attached hydrogen (secondary N) is 1. The van der Waals surface area contributed by atoms with Gasteiger partial charge in [0, 0.05) is 19.8 Å². The summed E-state index contributed by atoms with van der Waals surface area (Å²) in [6.07, 6.45) is 0. The Morgan fingerprint density at radius 1 is 1.03 bits per heavy atom. The molecule has 0 heterocycles. The number of aryl methyl sites for hydroxylation is 1. The van der Waals surface area contributed by atoms with Crippen LogP contribution in [0.25, 0.3) is 0 Å². The monoisotopic (exact) mass is 436 g/mol. The molecule has 0 bridgehead atoms. The maximum absolute atomic E-state index is 12.3. The largest absolute Gasteiger partial charge is 0.493 e. The fraction of sp³-hybridized carbons (Fsp3) is 0.300. The summed E-state index contributed by atoms with van der Waals surface area (Å²) < 4.78 is 40.9. The Labute approximate surface area is 175 Å². The van der Waals surface area contributed by atoms with E-state index in [1.165, 1.54) is 33.3 Å². The van der Waals surface area contributed by atoms with Crippen LogP contribution in [0.2, 0.25) is 0 Å². The minimum atomic E-state index is -3.65. The lowest BCUT2D eigenvalue weighted by Gasteiger charge is -2.14. The maximum atomic E-state index is 12.3. The number of ether oxygens (including phenoxy) is 3. The number of sulfonamides is 1. The zero-order valence-corrected chi connectivity index (χ0v) is 18.0. The molecule has 2 aromatic rings. The van der Waals surface area contributed by atoms with Gasteiger partial charge in [0.2, 0.25) is 10.0 Å². The molecule has 10 heteroatoms. The standard InChI is InChI=1S/C20H24N2O7S/c1-14-9-10-15(30(25,26)22(2)3)11-16(14)21-19(23)12-29-20(24)13-28-18-8-6-5-7-17(18)27-4/h5-11H,12-13H2,1-4H3,(H,21,23). The molecule has 0 fully saturated rings. The van der Waals surface area contributed by atoms with Crippen LogP contribution in [0.5, 0.6) is 11.5 Å². The summed E-state index contributed by atoms with van der Waals surface area (Å²) in [5.41, 5.74) is 0.969. The van der Waals surface area contributed by atoms with Gasteiger partial charge in [-0.05, 0) is 36.8 Å². The highest BCUT2D eigenvalue weighted by Crippen LogP contribution is 2.25. The van der Waals surface area contributed by atoms with Gasteiger partial charge in [0.15, 0.2) is 24.7 Å². The molecule has 0 unspecified atom stereocenters. The summed E-state index contributed by atoms with van der Waals surface area (Å²) in [4.78, 5) is 24.0. The second-order valence-electron chi connectivity index (χ2n) is 6.41. The summed E-state index contributed by atoms with van der Waals surface area (Å²) in [5, 5.41) is 2.55. The third-order valence-corrected chi connectivity index (χ3v) is 5.85. The van der Waals surface area contributed by atoms with Gasteiger partial charge in [-0.2, -0.15) is 0 Å². The van der Waals surface area contributed by atoms with E-state index in [2.05, 4.69) is 5.32 Å². The van der Waals surface area contributed by atoms with Crippen molar-refractivity contribution in [2.45, 2.75) is 11.8 Å². The lowest BCUT2D eigenvalue weighted by atomic mass is 10.2. The van der Waals surface area contributed by atoms with Crippen molar-refractivity contribution in [1.82, 2.24) is 4.31 Å². The van der Waals surface area contributed by atoms with Crippen LogP contribution in [0.15, 0.2) is 47.4 Å². The molecule has 0 aliphatic carbocycles. The fourth-order valence-corrected chi connectivity index (χ4v) is 3.28. The van der Waals surface area contributed by atoms with Gasteiger partial charge in [0.25, 0.3) is 5.91 Å². The number of carbonyl (C=O) groups excluding carboxylic acids is 2. The van der Waals surface area contributed by atoms with Crippen LogP contribution in [0.1, 0.15) is 5.56 Å². The molecule has 0 spiro atoms. The molecule has 0 radical (unpaired) electrons. The van der Waals surface area contributed by atoms with Crippen LogP contribution in [-0.4, -0.2) is 59.0 Å². The highest BCUT2D eigenvalue weighted by molar-refractivity contribution is 7.89. The topological polar surface area (TPSA) is 111 Å². The van der Waals surface area contributed by atoms with E-state index in [9.17, 15) is 18.0 Å². The second kappa shape index (κ2) is 10.1. The van der Waals surface area contributed by atoms with E-state index in [0.29, 0.717) is 22.7 Å². The fourth-order valence-electron chi connectivity index (χ4n) is 2.36. The van der Waals surface area contributed by atoms with Gasteiger partial charge >= 0.3 is 5.97 Å². The number of nitrogens with zero attached hydrogens (tertiary/aromatic N) is 1. The zero-order chi connectivity index (χ0) is 22.3. The Balaban J connectivity index is 1.92. The van der Waals surface area contributed by atoms with Gasteiger partial charge in [-0.3, -0.25) is 4.79 Å². The van der Waals surface area contributed by atoms with E-state index >= 15 is 0 Å². The van der Waals surface area contributed by atoms with Crippen molar-refractivity contribution in [1.29, 1.82) is 0 Å². The van der Waals surface area contributed by atoms with Crippen LogP contribution in [0, 0.1) is 6.92 Å². The number of methoxy groups -OCH3 is 1. The summed E-state index contributed by atoms with van der Waals surface area (Å²) in [6, 6.07) is 11.2. The number of esters is 1. The average Bonchev–Trinajstić information content (AvgIpc) is 2.72. The highest BCUT2D eigenvalue weighted by atomic mass is 32.2. The van der Waals surface area contributed by atoms with Gasteiger partial charge in [0.05, 0.1) is 12.0 Å². The Hall–Kier alpha value is -3.11. The highest BCUT2D eigenvalue weighted by Gasteiger charge is 2.19. The number of anilines is 1. The SMILES string of the molecule is COc1ccccc1OCC(=O)OCC(=O)Nc1cc(S(=O)(=O)N(C)C)ccc1C. The first kappa shape index (κ1) is 23.2. The average molecular weight is 436 g/mol. The molecule has 2 aromatic carbocycles. The Bertz CT molecular complexity index is 1020. The molecular weight excluding hydrogens is 412 g/mol. The zero-order valence-electron chi connectivity index (χ0n) is 17.2. The lowest BCUT2D eigenvalue weighted by molar-refractivity contribution is -0.149. The number of amides is 1. The van der Waals surface area contributed by atoms with Crippen molar-refractivity contribution in [2.75, 3.05) is 39.7 Å². The van der Waals surface area contributed by atoms with E-state index in [-0.39, 0.29) is 4.90 Å². The number of hydrogen-bond acceptors (Lipinski definition) is 7. The van der Waals surface area contributed by atoms with Gasteiger partial charge in [-0.25, -0.2) is 17.5 Å². The molecule has 0 saturated heterocycles. The minimum absolute atomic E-state index is 0.0376. The first-order valence-electron chi connectivity index (χ1n) is 8.89. The predicted octanol–water partition coefficient (Wildman–Crippen LogP) is 1.81. The first-order chi connectivity index (χ1) is 14.1. The number of rotatable bonds is 9. The predicted molar refractivity (Wildman–Crippen MR) is 110 cm³/mol. The molecule has 1 N–H and O–H groups in total. The molecule has 162 valence electrons. The van der Waals surface area contributed by atoms with Crippen LogP contribution in [0.4, 0.5) is 5.69 Å². The number of carbonyl (C=O) groups is 2. The van der Waals surface area contributed by atoms with Gasteiger partial charge in [-0.1, -0.05) is 18.2 Å². The third-order valence-electron chi connectivity index (χ3n) is 4.04. The van der Waals surface area contributed by atoms with E-state index in [1.807, 2.05) is 0 Å². The van der Waals surface area contributed by atoms with Crippen molar-refractivity contribution < 1.29 is 32.2 Å². The van der Waals surface area contributed by atoms with E-state index in [0.717, 1.165) is 4.31 Å². The maximum Gasteiger partial charge on any atom is 0.344 e. The lowest BCUT2D eigenvalue weighted by Crippen LogP contribution is -2.25. The molecular formula is C20H24N2O7S. The summed E-state index contributed by atoms with van der Waals surface area (Å²) >= 11 is 0. The molecule has 30 heavy (non-hydrogen) atoms. The Morgan fingerprint density at radius 2 is 1.70 bits per heavy atom. The third kappa shape index (κ3) is 5.94. The molecule has 0 aliphatic heterocycles. The quantitative estimate of drug-likeness (QED) is 0.597. The molecule has 0 atom stereocenters. The number of hydrogen-bond donors (Lipinski definition) is 1. The van der Waals surface area contributed by atoms with Crippen molar-refractivity contribution in [2.24, 2.45) is 0 Å². The van der Waals surface area contributed by atoms with Crippen LogP contribution >= 0.6 is 0 Å². The minimum Gasteiger partial charge on any atom is -0.493 e. The summed E-state index contributed by atoms with van der Waals surface area (Å²) in [5.74, 6) is -0.512. The van der Waals surface area contributed by atoms with E-state index in [4.69, 9.17) is 14.2 Å². The van der Waals surface area contributed by atoms with Crippen LogP contribution < -0.4 is 14.8 Å². The van der Waals surface area contributed by atoms with Crippen molar-refractivity contribution >= 4 is 27.6 Å². The first-order valence-corrected chi connectivity index (χ1v) is 10.3. The number of para-hydroxylation sites is 2. The normalized spacial score (nSPS) is 11.1. The van der Waals surface area contributed by atoms with Crippen molar-refractivity contribution in [3.63, 3.8) is 0 Å². The van der Waals surface area contributed by atoms with Crippen LogP contribution in [-0.2, 0) is 24.3 Å². The summed E-state index contributed by atoms with van der Waals surface area (Å²) in [7, 11) is 0.664. The molecule has 1 amide bonds. The molecule has 0 saturated carbocycles. The summed E-state index contributed by atoms with van der Waals surface area (Å²) in [6.45, 7) is 0.774. The van der Waals surface area contributed by atoms with Crippen molar-refractivity contribution in [3.8, 4) is 11.5 Å². The van der Waals surface area contributed by atoms with Crippen LogP contribution in [0.3, 0.4) is 0 Å². The van der Waals surface area contributed by atoms with Gasteiger partial charge in [-0.15, -0.1) is 0 Å². The van der Waals surface area contributed by atoms with Crippen molar-refractivity contribution in [3.05, 3.63) is 48.0 Å². The molecule has 0 aromatic heterocycles. The Morgan fingerprint density at radius 3 is 2.33 bits per heavy atom. The molecule has 9 nitrogen and oxygen atoms in total.